The number of carbonyl (C=O) groups excluding carboxylic acids is 2. The zero-order valence-corrected chi connectivity index (χ0v) is 27.2. The first-order valence-electron chi connectivity index (χ1n) is 15.7. The number of unbranched alkanes of at least 4 members (excludes halogenated alkanes) is 14. The summed E-state index contributed by atoms with van der Waals surface area (Å²) < 4.78 is 33.0. The Morgan fingerprint density at radius 3 is 1.65 bits per heavy atom. The molecule has 0 N–H and O–H groups in total. The standard InChI is InChI=1S/C30H60NO8P/c1-6-8-9-10-11-12-13-14-15-16-17-18-19-20-21-23-30(33)39-28(26-36-29(32)22-7-2)27-38-40(34,35)37-25-24-31(3,4)5/h28H,6-27H2,1-5H3/t28-/m1/s1. The minimum atomic E-state index is -4.58. The zero-order valence-electron chi connectivity index (χ0n) is 26.3. The SMILES string of the molecule is CCCCCCCCCCCCCCCCCC(=O)O[C@H](COC(=O)CCC)COP(=O)([O-])OCC[N+](C)(C)C. The molecule has 9 nitrogen and oxygen atoms in total. The van der Waals surface area contributed by atoms with Gasteiger partial charge in [0.1, 0.15) is 19.8 Å². The van der Waals surface area contributed by atoms with E-state index in [-0.39, 0.29) is 26.1 Å². The first-order valence-corrected chi connectivity index (χ1v) is 17.2. The van der Waals surface area contributed by atoms with Crippen molar-refractivity contribution in [2.75, 3.05) is 47.5 Å². The minimum absolute atomic E-state index is 0.0284. The Morgan fingerprint density at radius 1 is 0.675 bits per heavy atom. The molecule has 0 rings (SSSR count). The lowest BCUT2D eigenvalue weighted by Crippen LogP contribution is -2.37. The number of nitrogens with zero attached hydrogens (tertiary/aromatic N) is 1. The normalized spacial score (nSPS) is 14.1. The quantitative estimate of drug-likeness (QED) is 0.0426. The third-order valence-corrected chi connectivity index (χ3v) is 7.56. The molecule has 10 heteroatoms. The van der Waals surface area contributed by atoms with Gasteiger partial charge in [0.05, 0.1) is 27.7 Å². The molecule has 0 amide bonds. The maximum Gasteiger partial charge on any atom is 0.306 e. The second kappa shape index (κ2) is 24.6. The predicted molar refractivity (Wildman–Crippen MR) is 158 cm³/mol. The summed E-state index contributed by atoms with van der Waals surface area (Å²) in [5, 5.41) is 0. The number of phosphoric ester groups is 1. The first kappa shape index (κ1) is 39.0. The Balaban J connectivity index is 4.15. The van der Waals surface area contributed by atoms with Crippen LogP contribution >= 0.6 is 7.82 Å². The number of rotatable bonds is 28. The van der Waals surface area contributed by atoms with Gasteiger partial charge in [-0.15, -0.1) is 0 Å². The van der Waals surface area contributed by atoms with Crippen molar-refractivity contribution in [1.82, 2.24) is 0 Å². The second-order valence-electron chi connectivity index (χ2n) is 11.8. The highest BCUT2D eigenvalue weighted by atomic mass is 31.2. The van der Waals surface area contributed by atoms with Crippen molar-refractivity contribution in [3.05, 3.63) is 0 Å². The van der Waals surface area contributed by atoms with Gasteiger partial charge in [-0.1, -0.05) is 104 Å². The molecule has 0 saturated carbocycles. The molecular weight excluding hydrogens is 533 g/mol. The lowest BCUT2D eigenvalue weighted by Gasteiger charge is -2.28. The largest absolute Gasteiger partial charge is 0.756 e. The third-order valence-electron chi connectivity index (χ3n) is 6.60. The Kier molecular flexibility index (Phi) is 24.0. The summed E-state index contributed by atoms with van der Waals surface area (Å²) in [5.41, 5.74) is 0. The molecule has 0 heterocycles. The summed E-state index contributed by atoms with van der Waals surface area (Å²) in [7, 11) is 1.17. The van der Waals surface area contributed by atoms with E-state index in [1.54, 1.807) is 0 Å². The number of phosphoric acid groups is 1. The summed E-state index contributed by atoms with van der Waals surface area (Å²) in [6, 6.07) is 0. The molecule has 0 bridgehead atoms. The van der Waals surface area contributed by atoms with Crippen LogP contribution in [0.4, 0.5) is 0 Å². The molecule has 40 heavy (non-hydrogen) atoms. The minimum Gasteiger partial charge on any atom is -0.756 e. The van der Waals surface area contributed by atoms with Gasteiger partial charge in [-0.3, -0.25) is 14.2 Å². The topological polar surface area (TPSA) is 111 Å². The smallest absolute Gasteiger partial charge is 0.306 e. The van der Waals surface area contributed by atoms with Crippen molar-refractivity contribution < 1.29 is 42.1 Å². The van der Waals surface area contributed by atoms with E-state index in [1.807, 2.05) is 28.1 Å². The van der Waals surface area contributed by atoms with Crippen LogP contribution in [0.1, 0.15) is 129 Å². The molecule has 0 aliphatic rings. The van der Waals surface area contributed by atoms with Crippen LogP contribution in [0.2, 0.25) is 0 Å². The third kappa shape index (κ3) is 27.2. The van der Waals surface area contributed by atoms with Crippen molar-refractivity contribution in [2.24, 2.45) is 0 Å². The van der Waals surface area contributed by atoms with Crippen LogP contribution in [0.15, 0.2) is 0 Å². The van der Waals surface area contributed by atoms with Gasteiger partial charge in [-0.05, 0) is 12.8 Å². The highest BCUT2D eigenvalue weighted by Crippen LogP contribution is 2.38. The number of ether oxygens (including phenoxy) is 2. The van der Waals surface area contributed by atoms with Gasteiger partial charge in [0.2, 0.25) is 0 Å². The van der Waals surface area contributed by atoms with Crippen molar-refractivity contribution in [3.63, 3.8) is 0 Å². The Morgan fingerprint density at radius 2 is 1.18 bits per heavy atom. The molecule has 1 unspecified atom stereocenters. The van der Waals surface area contributed by atoms with E-state index in [9.17, 15) is 19.0 Å². The summed E-state index contributed by atoms with van der Waals surface area (Å²) in [6.07, 6.45) is 18.7. The van der Waals surface area contributed by atoms with Gasteiger partial charge in [-0.25, -0.2) is 0 Å². The number of hydrogen-bond acceptors (Lipinski definition) is 8. The van der Waals surface area contributed by atoms with Gasteiger partial charge in [0.25, 0.3) is 7.82 Å². The molecule has 0 aliphatic heterocycles. The molecule has 0 aromatic carbocycles. The predicted octanol–water partition coefficient (Wildman–Crippen LogP) is 6.71. The fraction of sp³-hybridized carbons (Fsp3) is 0.933. The molecule has 0 aliphatic carbocycles. The van der Waals surface area contributed by atoms with E-state index in [0.717, 1.165) is 12.8 Å². The van der Waals surface area contributed by atoms with E-state index in [2.05, 4.69) is 6.92 Å². The van der Waals surface area contributed by atoms with Gasteiger partial charge in [0.15, 0.2) is 6.10 Å². The summed E-state index contributed by atoms with van der Waals surface area (Å²) in [4.78, 5) is 36.2. The number of quaternary nitrogens is 1. The molecule has 0 aromatic rings. The maximum atomic E-state index is 12.4. The highest BCUT2D eigenvalue weighted by Gasteiger charge is 2.21. The van der Waals surface area contributed by atoms with Crippen LogP contribution in [0, 0.1) is 0 Å². The Labute approximate surface area is 244 Å². The van der Waals surface area contributed by atoms with Gasteiger partial charge < -0.3 is 27.9 Å². The van der Waals surface area contributed by atoms with Crippen molar-refractivity contribution in [3.8, 4) is 0 Å². The van der Waals surface area contributed by atoms with E-state index in [4.69, 9.17) is 18.5 Å². The molecule has 0 saturated heterocycles. The van der Waals surface area contributed by atoms with Crippen molar-refractivity contribution >= 4 is 19.8 Å². The molecule has 238 valence electrons. The fourth-order valence-electron chi connectivity index (χ4n) is 4.10. The highest BCUT2D eigenvalue weighted by molar-refractivity contribution is 7.45. The summed E-state index contributed by atoms with van der Waals surface area (Å²) in [5.74, 6) is -0.892. The molecular formula is C30H60NO8P. The Hall–Kier alpha value is -0.990. The summed E-state index contributed by atoms with van der Waals surface area (Å²) in [6.45, 7) is 3.82. The van der Waals surface area contributed by atoms with E-state index < -0.39 is 32.5 Å². The summed E-state index contributed by atoms with van der Waals surface area (Å²) >= 11 is 0. The molecule has 0 spiro atoms. The number of esters is 2. The van der Waals surface area contributed by atoms with Crippen LogP contribution in [0.5, 0.6) is 0 Å². The lowest BCUT2D eigenvalue weighted by molar-refractivity contribution is -0.870. The van der Waals surface area contributed by atoms with Crippen LogP contribution in [-0.2, 0) is 32.7 Å². The monoisotopic (exact) mass is 593 g/mol. The fourth-order valence-corrected chi connectivity index (χ4v) is 4.83. The van der Waals surface area contributed by atoms with Crippen LogP contribution in [-0.4, -0.2) is 70.0 Å². The van der Waals surface area contributed by atoms with Crippen LogP contribution in [0.25, 0.3) is 0 Å². The van der Waals surface area contributed by atoms with E-state index in [0.29, 0.717) is 23.9 Å². The van der Waals surface area contributed by atoms with Crippen molar-refractivity contribution in [2.45, 2.75) is 136 Å². The first-order chi connectivity index (χ1) is 19.0. The van der Waals surface area contributed by atoms with Crippen LogP contribution in [0.3, 0.4) is 0 Å². The van der Waals surface area contributed by atoms with Gasteiger partial charge in [-0.2, -0.15) is 0 Å². The number of carbonyl (C=O) groups is 2. The molecule has 0 aromatic heterocycles. The second-order valence-corrected chi connectivity index (χ2v) is 13.2. The van der Waals surface area contributed by atoms with E-state index >= 15 is 0 Å². The average molecular weight is 594 g/mol. The number of likely N-dealkylation sites (N-methyl/N-ethyl adjacent to an activating group) is 1. The average Bonchev–Trinajstić information content (AvgIpc) is 2.87. The molecule has 2 atom stereocenters. The van der Waals surface area contributed by atoms with Gasteiger partial charge >= 0.3 is 11.9 Å². The Bertz CT molecular complexity index is 683. The molecule has 0 radical (unpaired) electrons. The lowest BCUT2D eigenvalue weighted by atomic mass is 10.0. The molecule has 0 fully saturated rings. The number of hydrogen-bond donors (Lipinski definition) is 0. The van der Waals surface area contributed by atoms with Gasteiger partial charge in [0, 0.05) is 12.8 Å². The van der Waals surface area contributed by atoms with E-state index in [1.165, 1.54) is 77.0 Å². The maximum absolute atomic E-state index is 12.4. The van der Waals surface area contributed by atoms with Crippen LogP contribution < -0.4 is 4.89 Å². The van der Waals surface area contributed by atoms with Crippen molar-refractivity contribution in [1.29, 1.82) is 0 Å². The zero-order chi connectivity index (χ0) is 30.1.